The van der Waals surface area contributed by atoms with Gasteiger partial charge in [-0.2, -0.15) is 26.3 Å². The quantitative estimate of drug-likeness (QED) is 0.418. The first kappa shape index (κ1) is 28.1. The van der Waals surface area contributed by atoms with E-state index >= 15 is 0 Å². The second kappa shape index (κ2) is 11.2. The Morgan fingerprint density at radius 1 is 0.950 bits per heavy atom. The molecular weight excluding hydrogens is 542 g/mol. The van der Waals surface area contributed by atoms with Gasteiger partial charge in [0.1, 0.15) is 0 Å². The molecule has 0 aromatic heterocycles. The number of rotatable bonds is 4. The number of nitrogens with one attached hydrogen (secondary N) is 2. The summed E-state index contributed by atoms with van der Waals surface area (Å²) in [5.41, 5.74) is -2.02. The van der Waals surface area contributed by atoms with Crippen molar-refractivity contribution in [1.29, 1.82) is 0 Å². The van der Waals surface area contributed by atoms with E-state index in [9.17, 15) is 31.2 Å². The van der Waals surface area contributed by atoms with Gasteiger partial charge in [-0.1, -0.05) is 18.2 Å². The largest absolute Gasteiger partial charge is 0.456 e. The number of nitroso groups, excluding NO2 is 1. The molecule has 3 aliphatic heterocycles. The zero-order valence-corrected chi connectivity index (χ0v) is 21.2. The summed E-state index contributed by atoms with van der Waals surface area (Å²) in [6.07, 6.45) is -9.46. The van der Waals surface area contributed by atoms with Crippen LogP contribution in [-0.2, 0) is 28.2 Å². The van der Waals surface area contributed by atoms with Crippen molar-refractivity contribution in [3.63, 3.8) is 0 Å². The molecule has 0 aliphatic carbocycles. The van der Waals surface area contributed by atoms with Gasteiger partial charge in [0.05, 0.1) is 42.1 Å². The lowest BCUT2D eigenvalue weighted by molar-refractivity contribution is -0.489. The standard InChI is InChI=1S/C27H27F6N4O3/c28-26(29,30)19-10-17(11-20(13-19)27(31,32)33)12-23-21-15-34-16-35-25(21)40-24(36-6-8-39-9-7-36)14-22(37(23)38)18-4-2-1-3-5-18/h1-5,10-11,13-14,23-24,34-35H,6-9,12,15-16H2/q+1. The Hall–Kier alpha value is -3.42. The topological polar surface area (TPSA) is 65.8 Å². The molecule has 2 aromatic rings. The number of benzene rings is 2. The van der Waals surface area contributed by atoms with E-state index in [0.29, 0.717) is 61.0 Å². The van der Waals surface area contributed by atoms with Gasteiger partial charge in [0, 0.05) is 41.8 Å². The van der Waals surface area contributed by atoms with Crippen LogP contribution in [0.3, 0.4) is 0 Å². The average Bonchev–Trinajstić information content (AvgIpc) is 2.93. The average molecular weight is 570 g/mol. The first-order valence-electron chi connectivity index (χ1n) is 12.7. The fourth-order valence-corrected chi connectivity index (χ4v) is 5.00. The first-order chi connectivity index (χ1) is 19.0. The predicted octanol–water partition coefficient (Wildman–Crippen LogP) is 4.51. The molecule has 40 heavy (non-hydrogen) atoms. The fourth-order valence-electron chi connectivity index (χ4n) is 5.00. The van der Waals surface area contributed by atoms with Crippen molar-refractivity contribution in [3.05, 3.63) is 93.2 Å². The minimum atomic E-state index is -5.00. The minimum absolute atomic E-state index is 0.0797. The van der Waals surface area contributed by atoms with Crippen LogP contribution in [0, 0.1) is 4.91 Å². The Morgan fingerprint density at radius 2 is 1.60 bits per heavy atom. The Kier molecular flexibility index (Phi) is 7.89. The summed E-state index contributed by atoms with van der Waals surface area (Å²) in [7, 11) is 0. The highest BCUT2D eigenvalue weighted by Crippen LogP contribution is 2.37. The molecule has 3 heterocycles. The third kappa shape index (κ3) is 6.16. The Morgan fingerprint density at radius 3 is 2.23 bits per heavy atom. The maximum Gasteiger partial charge on any atom is 0.416 e. The molecule has 0 spiro atoms. The zero-order valence-electron chi connectivity index (χ0n) is 21.2. The zero-order chi connectivity index (χ0) is 28.5. The summed E-state index contributed by atoms with van der Waals surface area (Å²) in [6.45, 7) is 2.46. The van der Waals surface area contributed by atoms with Gasteiger partial charge < -0.3 is 14.8 Å². The van der Waals surface area contributed by atoms with Crippen molar-refractivity contribution in [2.75, 3.05) is 39.5 Å². The Labute approximate surface area is 226 Å². The normalized spacial score (nSPS) is 22.9. The van der Waals surface area contributed by atoms with Crippen LogP contribution in [0.25, 0.3) is 5.70 Å². The van der Waals surface area contributed by atoms with Gasteiger partial charge in [0.25, 0.3) is 5.70 Å². The number of alkyl halides is 6. The van der Waals surface area contributed by atoms with E-state index in [1.165, 1.54) is 0 Å². The van der Waals surface area contributed by atoms with Crippen LogP contribution in [0.1, 0.15) is 22.3 Å². The number of morpholine rings is 1. The lowest BCUT2D eigenvalue weighted by atomic mass is 9.93. The molecule has 2 unspecified atom stereocenters. The maximum atomic E-state index is 14.2. The van der Waals surface area contributed by atoms with Crippen LogP contribution < -0.4 is 10.6 Å². The smallest absolute Gasteiger partial charge is 0.416 e. The first-order valence-corrected chi connectivity index (χ1v) is 12.7. The molecule has 7 nitrogen and oxygen atoms in total. The van der Waals surface area contributed by atoms with Gasteiger partial charge in [0.2, 0.25) is 6.04 Å². The molecule has 1 saturated heterocycles. The van der Waals surface area contributed by atoms with Crippen molar-refractivity contribution in [3.8, 4) is 0 Å². The maximum absolute atomic E-state index is 14.2. The number of ether oxygens (including phenoxy) is 2. The molecule has 2 N–H and O–H groups in total. The Balaban J connectivity index is 1.61. The SMILES string of the molecule is O=[N+]1C(c2ccccc2)=CC(N2CCOCC2)OC2=C(CNCN2)C1Cc1cc(C(F)(F)F)cc(C(F)(F)F)c1. The van der Waals surface area contributed by atoms with Crippen molar-refractivity contribution < 1.29 is 40.6 Å². The Bertz CT molecular complexity index is 1270. The lowest BCUT2D eigenvalue weighted by Crippen LogP contribution is -2.49. The fraction of sp³-hybridized carbons (Fsp3) is 0.407. The van der Waals surface area contributed by atoms with Crippen LogP contribution in [-0.4, -0.2) is 61.4 Å². The third-order valence-corrected chi connectivity index (χ3v) is 6.99. The van der Waals surface area contributed by atoms with Crippen molar-refractivity contribution in [2.24, 2.45) is 0 Å². The number of nitrogens with zero attached hydrogens (tertiary/aromatic N) is 2. The molecule has 2 aromatic carbocycles. The van der Waals surface area contributed by atoms with Gasteiger partial charge in [-0.15, -0.1) is 0 Å². The molecule has 0 amide bonds. The van der Waals surface area contributed by atoms with Crippen LogP contribution in [0.4, 0.5) is 26.3 Å². The number of hydrogen-bond donors (Lipinski definition) is 2. The molecule has 0 saturated carbocycles. The van der Waals surface area contributed by atoms with Crippen LogP contribution in [0.5, 0.6) is 0 Å². The van der Waals surface area contributed by atoms with E-state index in [0.717, 1.165) is 0 Å². The van der Waals surface area contributed by atoms with Crippen LogP contribution in [0.15, 0.2) is 66.1 Å². The molecule has 0 radical (unpaired) electrons. The highest BCUT2D eigenvalue weighted by molar-refractivity contribution is 5.59. The molecular formula is C27H27F6N4O3+. The highest BCUT2D eigenvalue weighted by Gasteiger charge is 2.43. The molecule has 1 fully saturated rings. The molecule has 0 bridgehead atoms. The van der Waals surface area contributed by atoms with E-state index in [-0.39, 0.29) is 29.8 Å². The van der Waals surface area contributed by atoms with Crippen molar-refractivity contribution >= 4 is 5.70 Å². The van der Waals surface area contributed by atoms with Crippen molar-refractivity contribution in [2.45, 2.75) is 31.0 Å². The molecule has 2 atom stereocenters. The summed E-state index contributed by atoms with van der Waals surface area (Å²) in [5.74, 6) is 0.271. The monoisotopic (exact) mass is 569 g/mol. The van der Waals surface area contributed by atoms with E-state index in [2.05, 4.69) is 10.6 Å². The number of hydrogen-bond acceptors (Lipinski definition) is 6. The van der Waals surface area contributed by atoms with E-state index < -0.39 is 42.2 Å². The van der Waals surface area contributed by atoms with Gasteiger partial charge in [-0.05, 0) is 35.9 Å². The van der Waals surface area contributed by atoms with Gasteiger partial charge >= 0.3 is 12.4 Å². The summed E-state index contributed by atoms with van der Waals surface area (Å²) in [6, 6.07) is 8.90. The van der Waals surface area contributed by atoms with Crippen LogP contribution in [0.2, 0.25) is 0 Å². The lowest BCUT2D eigenvalue weighted by Gasteiger charge is -2.36. The molecule has 214 valence electrons. The highest BCUT2D eigenvalue weighted by atomic mass is 19.4. The second-order valence-electron chi connectivity index (χ2n) is 9.67. The van der Waals surface area contributed by atoms with Crippen LogP contribution >= 0.6 is 0 Å². The molecule has 3 aliphatic rings. The third-order valence-electron chi connectivity index (χ3n) is 6.99. The molecule has 13 heteroatoms. The summed E-state index contributed by atoms with van der Waals surface area (Å²) < 4.78 is 93.9. The van der Waals surface area contributed by atoms with E-state index in [4.69, 9.17) is 9.47 Å². The van der Waals surface area contributed by atoms with Gasteiger partial charge in [-0.25, -0.2) is 0 Å². The van der Waals surface area contributed by atoms with E-state index in [1.54, 1.807) is 36.4 Å². The van der Waals surface area contributed by atoms with E-state index in [1.807, 2.05) is 4.90 Å². The summed E-state index contributed by atoms with van der Waals surface area (Å²) in [5, 5.41) is 6.11. The minimum Gasteiger partial charge on any atom is -0.456 e. The second-order valence-corrected chi connectivity index (χ2v) is 9.67. The van der Waals surface area contributed by atoms with Gasteiger partial charge in [-0.3, -0.25) is 10.2 Å². The van der Waals surface area contributed by atoms with Crippen molar-refractivity contribution in [1.82, 2.24) is 15.5 Å². The molecule has 5 rings (SSSR count). The summed E-state index contributed by atoms with van der Waals surface area (Å²) >= 11 is 0. The summed E-state index contributed by atoms with van der Waals surface area (Å²) in [4.78, 5) is 16.2. The van der Waals surface area contributed by atoms with Gasteiger partial charge in [0.15, 0.2) is 12.1 Å². The predicted molar refractivity (Wildman–Crippen MR) is 132 cm³/mol. The number of halogens is 6.